The highest BCUT2D eigenvalue weighted by Gasteiger charge is 2.19. The number of esters is 1. The number of methoxy groups -OCH3 is 2. The van der Waals surface area contributed by atoms with Crippen LogP contribution in [0.25, 0.3) is 0 Å². The van der Waals surface area contributed by atoms with Gasteiger partial charge in [0.05, 0.1) is 26.7 Å². The summed E-state index contributed by atoms with van der Waals surface area (Å²) in [5.74, 6) is -0.182. The molecule has 26 heavy (non-hydrogen) atoms. The Bertz CT molecular complexity index is 832. The first kappa shape index (κ1) is 19.7. The van der Waals surface area contributed by atoms with Gasteiger partial charge in [-0.1, -0.05) is 12.1 Å². The van der Waals surface area contributed by atoms with E-state index in [-0.39, 0.29) is 18.5 Å². The summed E-state index contributed by atoms with van der Waals surface area (Å²) in [5.41, 5.74) is 0.434. The van der Waals surface area contributed by atoms with Crippen LogP contribution < -0.4 is 15.6 Å². The number of nitrogens with one attached hydrogen (secondary N) is 1. The Hall–Kier alpha value is -2.61. The van der Waals surface area contributed by atoms with E-state index < -0.39 is 17.9 Å². The van der Waals surface area contributed by atoms with Crippen LogP contribution >= 0.6 is 15.9 Å². The van der Waals surface area contributed by atoms with Gasteiger partial charge >= 0.3 is 5.97 Å². The molecule has 0 bridgehead atoms. The first-order valence-electron chi connectivity index (χ1n) is 7.79. The molecule has 0 saturated carbocycles. The van der Waals surface area contributed by atoms with E-state index in [1.807, 2.05) is 0 Å². The number of rotatable bonds is 7. The predicted molar refractivity (Wildman–Crippen MR) is 98.9 cm³/mol. The van der Waals surface area contributed by atoms with Gasteiger partial charge in [-0.25, -0.2) is 0 Å². The molecule has 1 N–H and O–H groups in total. The van der Waals surface area contributed by atoms with Crippen LogP contribution in [-0.4, -0.2) is 30.7 Å². The Morgan fingerprint density at radius 2 is 1.85 bits per heavy atom. The van der Waals surface area contributed by atoms with E-state index in [1.165, 1.54) is 23.9 Å². The highest BCUT2D eigenvalue weighted by atomic mass is 79.9. The molecule has 2 rings (SSSR count). The number of halogens is 1. The van der Waals surface area contributed by atoms with E-state index in [9.17, 15) is 14.4 Å². The molecule has 1 amide bonds. The number of amides is 1. The number of nitrogens with zero attached hydrogens (tertiary/aromatic N) is 1. The second-order valence-electron chi connectivity index (χ2n) is 5.49. The van der Waals surface area contributed by atoms with E-state index in [0.717, 1.165) is 5.56 Å². The zero-order valence-electron chi connectivity index (χ0n) is 14.4. The quantitative estimate of drug-likeness (QED) is 0.689. The molecular weight excluding hydrogens is 404 g/mol. The maximum absolute atomic E-state index is 12.4. The van der Waals surface area contributed by atoms with Crippen LogP contribution in [0.15, 0.2) is 51.9 Å². The lowest BCUT2D eigenvalue weighted by Gasteiger charge is -2.19. The van der Waals surface area contributed by atoms with Gasteiger partial charge in [0.15, 0.2) is 0 Å². The fraction of sp³-hybridized carbons (Fsp3) is 0.278. The molecule has 0 aliphatic rings. The van der Waals surface area contributed by atoms with Gasteiger partial charge in [-0.05, 0) is 39.7 Å². The molecule has 1 heterocycles. The lowest BCUT2D eigenvalue weighted by Crippen LogP contribution is -2.35. The lowest BCUT2D eigenvalue weighted by molar-refractivity contribution is -0.141. The minimum Gasteiger partial charge on any atom is -0.497 e. The Balaban J connectivity index is 2.16. The third-order valence-electron chi connectivity index (χ3n) is 3.71. The van der Waals surface area contributed by atoms with Crippen LogP contribution in [-0.2, 0) is 20.9 Å². The molecule has 0 aliphatic heterocycles. The van der Waals surface area contributed by atoms with E-state index in [1.54, 1.807) is 37.4 Å². The van der Waals surface area contributed by atoms with Crippen LogP contribution in [0.5, 0.6) is 5.75 Å². The van der Waals surface area contributed by atoms with Crippen molar-refractivity contribution in [3.05, 3.63) is 63.0 Å². The summed E-state index contributed by atoms with van der Waals surface area (Å²) in [7, 11) is 2.84. The second kappa shape index (κ2) is 9.19. The van der Waals surface area contributed by atoms with Gasteiger partial charge in [0, 0.05) is 16.7 Å². The topological polar surface area (TPSA) is 86.6 Å². The van der Waals surface area contributed by atoms with Gasteiger partial charge in [-0.3, -0.25) is 14.4 Å². The average molecular weight is 423 g/mol. The molecule has 0 aliphatic carbocycles. The van der Waals surface area contributed by atoms with Crippen LogP contribution in [0.1, 0.15) is 18.0 Å². The van der Waals surface area contributed by atoms with Crippen molar-refractivity contribution < 1.29 is 19.1 Å². The van der Waals surface area contributed by atoms with Crippen molar-refractivity contribution in [1.29, 1.82) is 0 Å². The molecule has 138 valence electrons. The summed E-state index contributed by atoms with van der Waals surface area (Å²) in [6, 6.07) is 9.40. The SMILES string of the molecule is COC(=O)CC(NC(=O)Cn1cc(Br)ccc1=O)c1ccc(OC)cc1. The van der Waals surface area contributed by atoms with Crippen molar-refractivity contribution >= 4 is 27.8 Å². The molecule has 0 fully saturated rings. The fourth-order valence-electron chi connectivity index (χ4n) is 2.36. The fourth-order valence-corrected chi connectivity index (χ4v) is 2.74. The Morgan fingerprint density at radius 1 is 1.15 bits per heavy atom. The number of ether oxygens (including phenoxy) is 2. The summed E-state index contributed by atoms with van der Waals surface area (Å²) in [6.07, 6.45) is 1.51. The standard InChI is InChI=1S/C18H19BrN2O5/c1-25-14-6-3-12(4-7-14)15(9-18(24)26-2)20-16(22)11-21-10-13(19)5-8-17(21)23/h3-8,10,15H,9,11H2,1-2H3,(H,20,22). The maximum atomic E-state index is 12.4. The predicted octanol–water partition coefficient (Wildman–Crippen LogP) is 2.04. The van der Waals surface area contributed by atoms with E-state index >= 15 is 0 Å². The van der Waals surface area contributed by atoms with Gasteiger partial charge in [-0.2, -0.15) is 0 Å². The van der Waals surface area contributed by atoms with Crippen molar-refractivity contribution in [3.8, 4) is 5.75 Å². The zero-order valence-corrected chi connectivity index (χ0v) is 16.0. The molecule has 1 atom stereocenters. The normalized spacial score (nSPS) is 11.5. The van der Waals surface area contributed by atoms with Crippen molar-refractivity contribution in [2.75, 3.05) is 14.2 Å². The van der Waals surface area contributed by atoms with Gasteiger partial charge in [-0.15, -0.1) is 0 Å². The zero-order chi connectivity index (χ0) is 19.1. The minimum atomic E-state index is -0.580. The molecule has 2 aromatic rings. The molecular formula is C18H19BrN2O5. The summed E-state index contributed by atoms with van der Waals surface area (Å²) in [6.45, 7) is -0.161. The first-order chi connectivity index (χ1) is 12.4. The lowest BCUT2D eigenvalue weighted by atomic mass is 10.0. The second-order valence-corrected chi connectivity index (χ2v) is 6.40. The Morgan fingerprint density at radius 3 is 2.46 bits per heavy atom. The summed E-state index contributed by atoms with van der Waals surface area (Å²) in [4.78, 5) is 35.9. The van der Waals surface area contributed by atoms with E-state index in [2.05, 4.69) is 21.2 Å². The van der Waals surface area contributed by atoms with Crippen molar-refractivity contribution in [3.63, 3.8) is 0 Å². The van der Waals surface area contributed by atoms with Crippen molar-refractivity contribution in [2.24, 2.45) is 0 Å². The van der Waals surface area contributed by atoms with E-state index in [4.69, 9.17) is 9.47 Å². The number of carbonyl (C=O) groups excluding carboxylic acids is 2. The summed E-state index contributed by atoms with van der Waals surface area (Å²) >= 11 is 3.26. The Kier molecular flexibility index (Phi) is 6.97. The molecule has 0 spiro atoms. The number of hydrogen-bond acceptors (Lipinski definition) is 5. The first-order valence-corrected chi connectivity index (χ1v) is 8.58. The minimum absolute atomic E-state index is 0.0258. The maximum Gasteiger partial charge on any atom is 0.307 e. The largest absolute Gasteiger partial charge is 0.497 e. The number of pyridine rings is 1. The van der Waals surface area contributed by atoms with Gasteiger partial charge in [0.2, 0.25) is 5.91 Å². The van der Waals surface area contributed by atoms with Crippen molar-refractivity contribution in [2.45, 2.75) is 19.0 Å². The average Bonchev–Trinajstić information content (AvgIpc) is 2.64. The van der Waals surface area contributed by atoms with Crippen LogP contribution in [0.3, 0.4) is 0 Å². The molecule has 7 nitrogen and oxygen atoms in total. The highest BCUT2D eigenvalue weighted by Crippen LogP contribution is 2.21. The van der Waals surface area contributed by atoms with Crippen LogP contribution in [0.4, 0.5) is 0 Å². The molecule has 0 radical (unpaired) electrons. The number of hydrogen-bond donors (Lipinski definition) is 1. The third-order valence-corrected chi connectivity index (χ3v) is 4.18. The summed E-state index contributed by atoms with van der Waals surface area (Å²) in [5, 5.41) is 2.78. The van der Waals surface area contributed by atoms with E-state index in [0.29, 0.717) is 10.2 Å². The number of aromatic nitrogens is 1. The molecule has 1 aromatic heterocycles. The third kappa shape index (κ3) is 5.45. The van der Waals surface area contributed by atoms with Crippen molar-refractivity contribution in [1.82, 2.24) is 9.88 Å². The molecule has 8 heteroatoms. The summed E-state index contributed by atoms with van der Waals surface area (Å²) < 4.78 is 11.8. The monoisotopic (exact) mass is 422 g/mol. The molecule has 1 aromatic carbocycles. The number of carbonyl (C=O) groups is 2. The Labute approximate surface area is 159 Å². The van der Waals surface area contributed by atoms with Gasteiger partial charge in [0.1, 0.15) is 12.3 Å². The van der Waals surface area contributed by atoms with Crippen LogP contribution in [0, 0.1) is 0 Å². The number of benzene rings is 1. The van der Waals surface area contributed by atoms with Crippen LogP contribution in [0.2, 0.25) is 0 Å². The smallest absolute Gasteiger partial charge is 0.307 e. The molecule has 1 unspecified atom stereocenters. The van der Waals surface area contributed by atoms with Gasteiger partial charge in [0.25, 0.3) is 5.56 Å². The van der Waals surface area contributed by atoms with Gasteiger partial charge < -0.3 is 19.4 Å². The highest BCUT2D eigenvalue weighted by molar-refractivity contribution is 9.10. The molecule has 0 saturated heterocycles.